The van der Waals surface area contributed by atoms with Crippen molar-refractivity contribution in [2.24, 2.45) is 0 Å². The van der Waals surface area contributed by atoms with Crippen LogP contribution in [0.2, 0.25) is 0 Å². The van der Waals surface area contributed by atoms with Gasteiger partial charge in [-0.15, -0.1) is 5.10 Å². The summed E-state index contributed by atoms with van der Waals surface area (Å²) in [7, 11) is 0. The van der Waals surface area contributed by atoms with E-state index in [2.05, 4.69) is 27.0 Å². The molecule has 242 valence electrons. The Balaban J connectivity index is 0.999. The van der Waals surface area contributed by atoms with E-state index in [0.717, 1.165) is 62.7 Å². The number of rotatable bonds is 18. The van der Waals surface area contributed by atoms with E-state index in [1.807, 2.05) is 35.1 Å². The lowest BCUT2D eigenvalue weighted by Crippen LogP contribution is -2.61. The fourth-order valence-corrected chi connectivity index (χ4v) is 4.95. The topological polar surface area (TPSA) is 164 Å². The van der Waals surface area contributed by atoms with Gasteiger partial charge in [0.05, 0.1) is 45.8 Å². The molecule has 1 aromatic heterocycles. The average molecular weight is 610 g/mol. The maximum absolute atomic E-state index is 10.2. The second kappa shape index (κ2) is 17.8. The monoisotopic (exact) mass is 609 g/mol. The first kappa shape index (κ1) is 33.5. The van der Waals surface area contributed by atoms with E-state index in [1.54, 1.807) is 0 Å². The summed E-state index contributed by atoms with van der Waals surface area (Å²) in [5.41, 5.74) is 1.91. The number of aryl methyl sites for hydroxylation is 1. The summed E-state index contributed by atoms with van der Waals surface area (Å²) in [4.78, 5) is 4.38. The molecule has 2 aliphatic heterocycles. The molecule has 14 nitrogen and oxygen atoms in total. The van der Waals surface area contributed by atoms with E-state index in [0.29, 0.717) is 52.8 Å². The summed E-state index contributed by atoms with van der Waals surface area (Å²) < 4.78 is 29.7. The standard InChI is InChI=1S/C29H47N5O9/c1-2-3-8-34-19-22(30-31-34)21-41-16-15-39-13-14-40-17-18-42-24-6-4-23(5-7-24)33-11-9-32(10-12-33)20-25-26(35)27(36)28(37)29(38)43-25/h4-7,19,25-29,35-38H,2-3,8-18,20-21H2,1H3/t25?,26-,27-,28+,29?/m0/s1. The zero-order valence-corrected chi connectivity index (χ0v) is 24.9. The molecule has 0 saturated carbocycles. The summed E-state index contributed by atoms with van der Waals surface area (Å²) in [6.07, 6.45) is -2.36. The van der Waals surface area contributed by atoms with Crippen molar-refractivity contribution in [1.29, 1.82) is 0 Å². The van der Waals surface area contributed by atoms with Gasteiger partial charge in [-0.3, -0.25) is 9.58 Å². The Morgan fingerprint density at radius 2 is 1.51 bits per heavy atom. The largest absolute Gasteiger partial charge is 0.491 e. The first-order valence-corrected chi connectivity index (χ1v) is 15.1. The van der Waals surface area contributed by atoms with Gasteiger partial charge in [0.2, 0.25) is 0 Å². The number of anilines is 1. The quantitative estimate of drug-likeness (QED) is 0.162. The number of nitrogens with zero attached hydrogens (tertiary/aromatic N) is 5. The Morgan fingerprint density at radius 1 is 0.837 bits per heavy atom. The van der Waals surface area contributed by atoms with Crippen LogP contribution in [0, 0.1) is 0 Å². The third-order valence-corrected chi connectivity index (χ3v) is 7.52. The van der Waals surface area contributed by atoms with Gasteiger partial charge in [-0.1, -0.05) is 18.6 Å². The smallest absolute Gasteiger partial charge is 0.184 e. The fraction of sp³-hybridized carbons (Fsp3) is 0.724. The third-order valence-electron chi connectivity index (χ3n) is 7.52. The van der Waals surface area contributed by atoms with E-state index in [4.69, 9.17) is 23.7 Å². The first-order valence-electron chi connectivity index (χ1n) is 15.1. The van der Waals surface area contributed by atoms with Crippen LogP contribution < -0.4 is 9.64 Å². The molecule has 0 bridgehead atoms. The third kappa shape index (κ3) is 10.6. The van der Waals surface area contributed by atoms with Gasteiger partial charge in [-0.25, -0.2) is 0 Å². The lowest BCUT2D eigenvalue weighted by molar-refractivity contribution is -0.283. The van der Waals surface area contributed by atoms with Crippen molar-refractivity contribution in [1.82, 2.24) is 19.9 Å². The Labute approximate surface area is 252 Å². The van der Waals surface area contributed by atoms with Gasteiger partial charge in [0.15, 0.2) is 6.29 Å². The van der Waals surface area contributed by atoms with Gasteiger partial charge in [-0.05, 0) is 30.7 Å². The molecule has 14 heteroatoms. The van der Waals surface area contributed by atoms with Crippen LogP contribution >= 0.6 is 0 Å². The second-order valence-corrected chi connectivity index (χ2v) is 10.8. The van der Waals surface area contributed by atoms with Crippen molar-refractivity contribution in [3.8, 4) is 5.75 Å². The molecule has 0 radical (unpaired) electrons. The van der Waals surface area contributed by atoms with E-state index >= 15 is 0 Å². The number of benzene rings is 1. The van der Waals surface area contributed by atoms with Gasteiger partial charge < -0.3 is 49.0 Å². The number of hydrogen-bond acceptors (Lipinski definition) is 13. The average Bonchev–Trinajstić information content (AvgIpc) is 3.48. The first-order chi connectivity index (χ1) is 20.9. The molecule has 0 spiro atoms. The minimum Gasteiger partial charge on any atom is -0.491 e. The fourth-order valence-electron chi connectivity index (χ4n) is 4.95. The second-order valence-electron chi connectivity index (χ2n) is 10.8. The highest BCUT2D eigenvalue weighted by molar-refractivity contribution is 5.49. The SMILES string of the molecule is CCCCn1cc(COCCOCCOCCOc2ccc(N3CCN(CC4OC(O)[C@H](O)[C@@H](O)[C@H]4O)CC3)cc2)nn1. The summed E-state index contributed by atoms with van der Waals surface area (Å²) in [5.74, 6) is 0.771. The van der Waals surface area contributed by atoms with Crippen LogP contribution in [0.5, 0.6) is 5.75 Å². The van der Waals surface area contributed by atoms with Crippen molar-refractivity contribution in [2.45, 2.75) is 63.6 Å². The van der Waals surface area contributed by atoms with Gasteiger partial charge in [0.1, 0.15) is 42.5 Å². The molecule has 2 fully saturated rings. The zero-order chi connectivity index (χ0) is 30.4. The van der Waals surface area contributed by atoms with Crippen molar-refractivity contribution >= 4 is 5.69 Å². The molecule has 2 saturated heterocycles. The Morgan fingerprint density at radius 3 is 2.21 bits per heavy atom. The predicted molar refractivity (Wildman–Crippen MR) is 156 cm³/mol. The summed E-state index contributed by atoms with van der Waals surface area (Å²) >= 11 is 0. The minimum absolute atomic E-state index is 0.357. The van der Waals surface area contributed by atoms with Crippen LogP contribution in [0.1, 0.15) is 25.5 Å². The lowest BCUT2D eigenvalue weighted by atomic mass is 9.98. The maximum Gasteiger partial charge on any atom is 0.184 e. The number of aliphatic hydroxyl groups excluding tert-OH is 4. The Hall–Kier alpha value is -2.40. The summed E-state index contributed by atoms with van der Waals surface area (Å²) in [6, 6.07) is 7.94. The predicted octanol–water partition coefficient (Wildman–Crippen LogP) is -0.371. The Kier molecular flexibility index (Phi) is 13.9. The molecule has 4 rings (SSSR count). The van der Waals surface area contributed by atoms with Crippen molar-refractivity contribution in [3.05, 3.63) is 36.2 Å². The van der Waals surface area contributed by atoms with Crippen molar-refractivity contribution in [2.75, 3.05) is 77.3 Å². The number of hydrogen-bond donors (Lipinski definition) is 4. The molecular weight excluding hydrogens is 562 g/mol. The molecule has 5 atom stereocenters. The summed E-state index contributed by atoms with van der Waals surface area (Å²) in [5, 5.41) is 47.7. The van der Waals surface area contributed by atoms with E-state index in [1.165, 1.54) is 0 Å². The molecule has 43 heavy (non-hydrogen) atoms. The van der Waals surface area contributed by atoms with E-state index in [9.17, 15) is 20.4 Å². The highest BCUT2D eigenvalue weighted by Crippen LogP contribution is 2.23. The van der Waals surface area contributed by atoms with Crippen LogP contribution in [0.4, 0.5) is 5.69 Å². The van der Waals surface area contributed by atoms with Crippen molar-refractivity contribution < 1.29 is 44.1 Å². The van der Waals surface area contributed by atoms with Crippen molar-refractivity contribution in [3.63, 3.8) is 0 Å². The van der Waals surface area contributed by atoms with Gasteiger partial charge >= 0.3 is 0 Å². The van der Waals surface area contributed by atoms with Crippen LogP contribution in [0.3, 0.4) is 0 Å². The molecule has 0 amide bonds. The van der Waals surface area contributed by atoms with Gasteiger partial charge in [0.25, 0.3) is 0 Å². The normalized spacial score (nSPS) is 24.9. The molecule has 0 aliphatic carbocycles. The van der Waals surface area contributed by atoms with Crippen LogP contribution in [0.15, 0.2) is 30.5 Å². The number of piperazine rings is 1. The molecule has 2 unspecified atom stereocenters. The maximum atomic E-state index is 10.2. The van der Waals surface area contributed by atoms with Crippen LogP contribution in [-0.2, 0) is 32.1 Å². The van der Waals surface area contributed by atoms with Crippen LogP contribution in [0.25, 0.3) is 0 Å². The Bertz CT molecular complexity index is 1040. The molecule has 2 aromatic rings. The molecule has 4 N–H and O–H groups in total. The zero-order valence-electron chi connectivity index (χ0n) is 24.9. The molecule has 3 heterocycles. The van der Waals surface area contributed by atoms with E-state index in [-0.39, 0.29) is 0 Å². The lowest BCUT2D eigenvalue weighted by Gasteiger charge is -2.42. The highest BCUT2D eigenvalue weighted by atomic mass is 16.6. The van der Waals surface area contributed by atoms with Gasteiger partial charge in [0, 0.05) is 45.0 Å². The molecule has 1 aromatic carbocycles. The number of unbranched alkanes of at least 4 members (excludes halogenated alkanes) is 1. The van der Waals surface area contributed by atoms with E-state index < -0.39 is 30.7 Å². The summed E-state index contributed by atoms with van der Waals surface area (Å²) in [6.45, 7) is 9.67. The number of aliphatic hydroxyl groups is 4. The minimum atomic E-state index is -1.51. The highest BCUT2D eigenvalue weighted by Gasteiger charge is 2.43. The molecule has 2 aliphatic rings. The van der Waals surface area contributed by atoms with Gasteiger partial charge in [-0.2, -0.15) is 0 Å². The molecular formula is C29H47N5O9. The van der Waals surface area contributed by atoms with Crippen LogP contribution in [-0.4, -0.2) is 143 Å². The number of ether oxygens (including phenoxy) is 5. The number of aromatic nitrogens is 3.